The van der Waals surface area contributed by atoms with Crippen molar-refractivity contribution < 1.29 is 9.13 Å². The smallest absolute Gasteiger partial charge is 0.165 e. The highest BCUT2D eigenvalue weighted by atomic mass is 19.1. The van der Waals surface area contributed by atoms with Gasteiger partial charge in [-0.3, -0.25) is 4.90 Å². The molecule has 100 valence electrons. The highest BCUT2D eigenvalue weighted by Gasteiger charge is 2.26. The van der Waals surface area contributed by atoms with Crippen molar-refractivity contribution in [3.05, 3.63) is 29.6 Å². The fourth-order valence-corrected chi connectivity index (χ4v) is 2.53. The minimum atomic E-state index is -0.286. The van der Waals surface area contributed by atoms with Crippen LogP contribution in [0.3, 0.4) is 0 Å². The number of hydrogen-bond acceptors (Lipinski definition) is 3. The van der Waals surface area contributed by atoms with Crippen molar-refractivity contribution in [2.24, 2.45) is 0 Å². The summed E-state index contributed by atoms with van der Waals surface area (Å²) in [6.07, 6.45) is 1.15. The van der Waals surface area contributed by atoms with Gasteiger partial charge in [0, 0.05) is 25.2 Å². The van der Waals surface area contributed by atoms with Crippen LogP contribution in [0.25, 0.3) is 0 Å². The zero-order valence-corrected chi connectivity index (χ0v) is 11.2. The summed E-state index contributed by atoms with van der Waals surface area (Å²) in [4.78, 5) is 2.38. The van der Waals surface area contributed by atoms with E-state index in [-0.39, 0.29) is 11.9 Å². The van der Waals surface area contributed by atoms with E-state index in [1.165, 1.54) is 7.11 Å². The molecule has 0 spiro atoms. The second kappa shape index (κ2) is 5.67. The van der Waals surface area contributed by atoms with Gasteiger partial charge in [-0.1, -0.05) is 6.07 Å². The van der Waals surface area contributed by atoms with Gasteiger partial charge in [-0.15, -0.1) is 0 Å². The molecule has 1 aliphatic rings. The Morgan fingerprint density at radius 2 is 2.28 bits per heavy atom. The summed E-state index contributed by atoms with van der Waals surface area (Å²) in [5.74, 6) is 0.0201. The van der Waals surface area contributed by atoms with Crippen LogP contribution in [0.2, 0.25) is 0 Å². The van der Waals surface area contributed by atoms with Crippen LogP contribution in [0, 0.1) is 5.82 Å². The summed E-state index contributed by atoms with van der Waals surface area (Å²) in [6.45, 7) is 4.20. The molecule has 1 aromatic rings. The molecular formula is C14H21FN2O. The number of nitrogens with zero attached hydrogens (tertiary/aromatic N) is 1. The van der Waals surface area contributed by atoms with Crippen LogP contribution in [0.1, 0.15) is 24.9 Å². The zero-order valence-electron chi connectivity index (χ0n) is 11.2. The van der Waals surface area contributed by atoms with E-state index in [2.05, 4.69) is 17.1 Å². The van der Waals surface area contributed by atoms with Crippen LogP contribution in [0.4, 0.5) is 4.39 Å². The Bertz CT molecular complexity index is 411. The lowest BCUT2D eigenvalue weighted by Gasteiger charge is -2.25. The van der Waals surface area contributed by atoms with Crippen molar-refractivity contribution in [3.8, 4) is 5.75 Å². The van der Waals surface area contributed by atoms with Gasteiger partial charge < -0.3 is 10.1 Å². The first kappa shape index (κ1) is 13.3. The molecule has 2 rings (SSSR count). The third kappa shape index (κ3) is 2.65. The molecule has 1 fully saturated rings. The van der Waals surface area contributed by atoms with Crippen LogP contribution in [0.5, 0.6) is 5.75 Å². The van der Waals surface area contributed by atoms with Gasteiger partial charge in [-0.2, -0.15) is 0 Å². The fraction of sp³-hybridized carbons (Fsp3) is 0.571. The molecule has 2 unspecified atom stereocenters. The third-order valence-corrected chi connectivity index (χ3v) is 3.83. The van der Waals surface area contributed by atoms with Gasteiger partial charge >= 0.3 is 0 Å². The first-order valence-corrected chi connectivity index (χ1v) is 6.40. The second-order valence-electron chi connectivity index (χ2n) is 4.84. The molecule has 18 heavy (non-hydrogen) atoms. The second-order valence-corrected chi connectivity index (χ2v) is 4.84. The van der Waals surface area contributed by atoms with Gasteiger partial charge in [0.2, 0.25) is 0 Å². The monoisotopic (exact) mass is 252 g/mol. The van der Waals surface area contributed by atoms with Gasteiger partial charge in [0.1, 0.15) is 0 Å². The predicted molar refractivity (Wildman–Crippen MR) is 70.4 cm³/mol. The van der Waals surface area contributed by atoms with E-state index in [4.69, 9.17) is 4.74 Å². The summed E-state index contributed by atoms with van der Waals surface area (Å²) < 4.78 is 18.6. The Morgan fingerprint density at radius 1 is 1.50 bits per heavy atom. The molecule has 0 bridgehead atoms. The molecule has 1 aromatic carbocycles. The molecule has 0 aliphatic carbocycles. The largest absolute Gasteiger partial charge is 0.494 e. The van der Waals surface area contributed by atoms with Gasteiger partial charge in [0.05, 0.1) is 7.11 Å². The Hall–Kier alpha value is -1.13. The minimum Gasteiger partial charge on any atom is -0.494 e. The number of hydrogen-bond donors (Lipinski definition) is 1. The number of rotatable bonds is 4. The number of methoxy groups -OCH3 is 1. The van der Waals surface area contributed by atoms with E-state index in [9.17, 15) is 4.39 Å². The number of ether oxygens (including phenoxy) is 1. The third-order valence-electron chi connectivity index (χ3n) is 3.83. The van der Waals surface area contributed by atoms with E-state index in [1.807, 2.05) is 13.1 Å². The van der Waals surface area contributed by atoms with Crippen LogP contribution >= 0.6 is 0 Å². The molecule has 1 saturated heterocycles. The van der Waals surface area contributed by atoms with E-state index in [0.29, 0.717) is 11.8 Å². The van der Waals surface area contributed by atoms with Crippen molar-refractivity contribution in [2.75, 3.05) is 27.2 Å². The van der Waals surface area contributed by atoms with Crippen molar-refractivity contribution in [3.63, 3.8) is 0 Å². The molecule has 1 heterocycles. The number of nitrogens with one attached hydrogen (secondary N) is 1. The summed E-state index contributed by atoms with van der Waals surface area (Å²) in [5, 5.41) is 3.29. The van der Waals surface area contributed by atoms with Crippen LogP contribution in [-0.2, 0) is 0 Å². The molecule has 4 heteroatoms. The highest BCUT2D eigenvalue weighted by molar-refractivity contribution is 5.31. The van der Waals surface area contributed by atoms with Crippen LogP contribution < -0.4 is 10.1 Å². The Morgan fingerprint density at radius 3 is 2.83 bits per heavy atom. The maximum atomic E-state index is 13.7. The van der Waals surface area contributed by atoms with Crippen LogP contribution in [-0.4, -0.2) is 38.2 Å². The number of halogens is 1. The van der Waals surface area contributed by atoms with Crippen molar-refractivity contribution in [2.45, 2.75) is 25.4 Å². The quantitative estimate of drug-likeness (QED) is 0.889. The normalized spacial score (nSPS) is 22.1. The molecular weight excluding hydrogens is 231 g/mol. The Kier molecular flexibility index (Phi) is 4.19. The molecule has 1 N–H and O–H groups in total. The summed E-state index contributed by atoms with van der Waals surface area (Å²) >= 11 is 0. The van der Waals surface area contributed by atoms with Crippen molar-refractivity contribution >= 4 is 0 Å². The average molecular weight is 252 g/mol. The maximum Gasteiger partial charge on any atom is 0.165 e. The van der Waals surface area contributed by atoms with Crippen molar-refractivity contribution in [1.29, 1.82) is 0 Å². The van der Waals surface area contributed by atoms with Gasteiger partial charge in [0.25, 0.3) is 0 Å². The molecule has 2 atom stereocenters. The topological polar surface area (TPSA) is 24.5 Å². The lowest BCUT2D eigenvalue weighted by Crippen LogP contribution is -2.31. The molecule has 1 aliphatic heterocycles. The van der Waals surface area contributed by atoms with Gasteiger partial charge in [-0.05, 0) is 38.1 Å². The minimum absolute atomic E-state index is 0.240. The van der Waals surface area contributed by atoms with E-state index < -0.39 is 0 Å². The first-order valence-electron chi connectivity index (χ1n) is 6.40. The number of benzene rings is 1. The van der Waals surface area contributed by atoms with E-state index in [0.717, 1.165) is 25.1 Å². The van der Waals surface area contributed by atoms with Gasteiger partial charge in [-0.25, -0.2) is 4.39 Å². The molecule has 0 aromatic heterocycles. The molecule has 0 radical (unpaired) electrons. The Balaban J connectivity index is 2.09. The number of likely N-dealkylation sites (N-methyl/N-ethyl adjacent to an activating group) is 1. The maximum absolute atomic E-state index is 13.7. The lowest BCUT2D eigenvalue weighted by atomic mass is 10.1. The zero-order chi connectivity index (χ0) is 13.1. The Labute approximate surface area is 108 Å². The summed E-state index contributed by atoms with van der Waals surface area (Å²) in [6, 6.07) is 6.02. The summed E-state index contributed by atoms with van der Waals surface area (Å²) in [5.41, 5.74) is 1.00. The molecule has 0 saturated carbocycles. The van der Waals surface area contributed by atoms with Crippen molar-refractivity contribution in [1.82, 2.24) is 10.2 Å². The first-order chi connectivity index (χ1) is 8.65. The lowest BCUT2D eigenvalue weighted by molar-refractivity contribution is 0.256. The highest BCUT2D eigenvalue weighted by Crippen LogP contribution is 2.27. The predicted octanol–water partition coefficient (Wildman–Crippen LogP) is 2.19. The standard InChI is InChI=1S/C14H21FN2O/c1-10(17-7-6-12(9-17)16-2)11-4-5-14(18-3)13(15)8-11/h4-5,8,10,12,16H,6-7,9H2,1-3H3. The molecule has 0 amide bonds. The van der Waals surface area contributed by atoms with E-state index >= 15 is 0 Å². The van der Waals surface area contributed by atoms with Crippen LogP contribution in [0.15, 0.2) is 18.2 Å². The summed E-state index contributed by atoms with van der Waals surface area (Å²) in [7, 11) is 3.48. The average Bonchev–Trinajstić information content (AvgIpc) is 2.86. The van der Waals surface area contributed by atoms with Gasteiger partial charge in [0.15, 0.2) is 11.6 Å². The number of likely N-dealkylation sites (tertiary alicyclic amines) is 1. The fourth-order valence-electron chi connectivity index (χ4n) is 2.53. The molecule has 3 nitrogen and oxygen atoms in total. The SMILES string of the molecule is CNC1CCN(C(C)c2ccc(OC)c(F)c2)C1. The van der Waals surface area contributed by atoms with E-state index in [1.54, 1.807) is 12.1 Å².